The van der Waals surface area contributed by atoms with Crippen LogP contribution in [-0.4, -0.2) is 16.3 Å². The Morgan fingerprint density at radius 3 is 2.70 bits per heavy atom. The quantitative estimate of drug-likeness (QED) is 0.877. The molecule has 0 aliphatic heterocycles. The number of pyridine rings is 1. The van der Waals surface area contributed by atoms with E-state index < -0.39 is 5.56 Å². The van der Waals surface area contributed by atoms with E-state index in [0.29, 0.717) is 18.0 Å². The van der Waals surface area contributed by atoms with Crippen LogP contribution in [0.1, 0.15) is 18.1 Å². The van der Waals surface area contributed by atoms with Gasteiger partial charge < -0.3 is 9.84 Å². The molecule has 0 saturated heterocycles. The van der Waals surface area contributed by atoms with E-state index in [0.717, 1.165) is 4.57 Å². The summed E-state index contributed by atoms with van der Waals surface area (Å²) in [6.45, 7) is 3.88. The molecule has 2 rings (SSSR count). The van der Waals surface area contributed by atoms with Crippen LogP contribution in [0.15, 0.2) is 39.3 Å². The fourth-order valence-corrected chi connectivity index (χ4v) is 2.04. The molecule has 1 heterocycles. The van der Waals surface area contributed by atoms with E-state index in [4.69, 9.17) is 10.00 Å². The average molecular weight is 312 g/mol. The summed E-state index contributed by atoms with van der Waals surface area (Å²) in [5, 5.41) is 27.0. The molecule has 0 amide bonds. The van der Waals surface area contributed by atoms with Gasteiger partial charge in [-0.3, -0.25) is 9.36 Å². The van der Waals surface area contributed by atoms with Crippen LogP contribution in [0.3, 0.4) is 0 Å². The second-order valence-corrected chi connectivity index (χ2v) is 4.75. The van der Waals surface area contributed by atoms with Crippen molar-refractivity contribution in [3.8, 4) is 17.7 Å². The minimum absolute atomic E-state index is 0.000793. The number of rotatable bonds is 4. The Hall–Kier alpha value is -3.14. The number of nitrogens with zero attached hydrogens (tertiary/aromatic N) is 4. The summed E-state index contributed by atoms with van der Waals surface area (Å²) >= 11 is 0. The predicted molar refractivity (Wildman–Crippen MR) is 84.6 cm³/mol. The van der Waals surface area contributed by atoms with Crippen molar-refractivity contribution in [3.05, 3.63) is 45.7 Å². The molecule has 2 aromatic rings. The van der Waals surface area contributed by atoms with E-state index in [2.05, 4.69) is 10.2 Å². The highest BCUT2D eigenvalue weighted by Crippen LogP contribution is 2.30. The van der Waals surface area contributed by atoms with E-state index in [1.165, 1.54) is 7.05 Å². The predicted octanol–water partition coefficient (Wildman–Crippen LogP) is 3.09. The third-order valence-corrected chi connectivity index (χ3v) is 3.31. The van der Waals surface area contributed by atoms with Crippen molar-refractivity contribution in [2.75, 3.05) is 6.61 Å². The highest BCUT2D eigenvalue weighted by atomic mass is 16.5. The third-order valence-electron chi connectivity index (χ3n) is 3.31. The Morgan fingerprint density at radius 2 is 2.04 bits per heavy atom. The fourth-order valence-electron chi connectivity index (χ4n) is 2.04. The van der Waals surface area contributed by atoms with E-state index in [1.54, 1.807) is 25.1 Å². The molecule has 0 radical (unpaired) electrons. The Morgan fingerprint density at radius 1 is 1.35 bits per heavy atom. The van der Waals surface area contributed by atoms with Gasteiger partial charge in [-0.05, 0) is 26.0 Å². The molecule has 118 valence electrons. The summed E-state index contributed by atoms with van der Waals surface area (Å²) in [6.07, 6.45) is 0. The number of para-hydroxylation sites is 1. The van der Waals surface area contributed by atoms with Crippen LogP contribution in [0.25, 0.3) is 0 Å². The molecular formula is C16H16N4O3. The monoisotopic (exact) mass is 312 g/mol. The summed E-state index contributed by atoms with van der Waals surface area (Å²) in [4.78, 5) is 12.2. The first-order valence-electron chi connectivity index (χ1n) is 6.97. The number of ether oxygens (including phenoxy) is 1. The second kappa shape index (κ2) is 6.75. The lowest BCUT2D eigenvalue weighted by Gasteiger charge is -2.09. The van der Waals surface area contributed by atoms with Gasteiger partial charge in [0.25, 0.3) is 5.56 Å². The molecule has 7 nitrogen and oxygen atoms in total. The maximum absolute atomic E-state index is 12.2. The fraction of sp³-hybridized carbons (Fsp3) is 0.250. The molecule has 0 atom stereocenters. The summed E-state index contributed by atoms with van der Waals surface area (Å²) in [5.74, 6) is 0.163. The number of hydrogen-bond acceptors (Lipinski definition) is 6. The van der Waals surface area contributed by atoms with Crippen molar-refractivity contribution in [2.24, 2.45) is 17.3 Å². The Labute approximate surface area is 133 Å². The molecule has 0 fully saturated rings. The number of aromatic hydroxyl groups is 1. The lowest BCUT2D eigenvalue weighted by molar-refractivity contribution is 0.341. The summed E-state index contributed by atoms with van der Waals surface area (Å²) in [7, 11) is 1.37. The van der Waals surface area contributed by atoms with Gasteiger partial charge in [0.15, 0.2) is 5.69 Å². The van der Waals surface area contributed by atoms with Gasteiger partial charge in [-0.25, -0.2) is 0 Å². The molecular weight excluding hydrogens is 296 g/mol. The van der Waals surface area contributed by atoms with Gasteiger partial charge in [-0.2, -0.15) is 5.26 Å². The normalized spacial score (nSPS) is 10.7. The van der Waals surface area contributed by atoms with Crippen molar-refractivity contribution < 1.29 is 9.84 Å². The zero-order valence-electron chi connectivity index (χ0n) is 13.1. The summed E-state index contributed by atoms with van der Waals surface area (Å²) in [6, 6.07) is 8.91. The topological polar surface area (TPSA) is 100.0 Å². The minimum atomic E-state index is -0.531. The maximum Gasteiger partial charge on any atom is 0.281 e. The molecule has 0 aliphatic carbocycles. The van der Waals surface area contributed by atoms with Crippen LogP contribution < -0.4 is 10.3 Å². The molecule has 0 bridgehead atoms. The molecule has 1 aromatic heterocycles. The Kier molecular flexibility index (Phi) is 4.76. The van der Waals surface area contributed by atoms with Crippen LogP contribution in [0, 0.1) is 18.3 Å². The van der Waals surface area contributed by atoms with Gasteiger partial charge in [0.1, 0.15) is 23.1 Å². The van der Waals surface area contributed by atoms with E-state index in [9.17, 15) is 9.90 Å². The number of azo groups is 1. The molecule has 23 heavy (non-hydrogen) atoms. The average Bonchev–Trinajstić information content (AvgIpc) is 2.55. The van der Waals surface area contributed by atoms with Gasteiger partial charge >= 0.3 is 0 Å². The number of aromatic nitrogens is 1. The Bertz CT molecular complexity index is 863. The van der Waals surface area contributed by atoms with Gasteiger partial charge in [-0.15, -0.1) is 10.2 Å². The highest BCUT2D eigenvalue weighted by molar-refractivity contribution is 5.57. The summed E-state index contributed by atoms with van der Waals surface area (Å²) in [5.41, 5.74) is 0.233. The molecule has 1 N–H and O–H groups in total. The number of benzene rings is 1. The minimum Gasteiger partial charge on any atom is -0.493 e. The standard InChI is InChI=1S/C16H16N4O3/c1-4-23-13-8-6-5-7-12(13)18-19-14-10(2)11(9-17)15(21)20(3)16(14)22/h5-8,21H,4H2,1-3H3. The van der Waals surface area contributed by atoms with Crippen LogP contribution >= 0.6 is 0 Å². The van der Waals surface area contributed by atoms with Crippen LogP contribution in [0.5, 0.6) is 11.6 Å². The second-order valence-electron chi connectivity index (χ2n) is 4.75. The van der Waals surface area contributed by atoms with Crippen molar-refractivity contribution in [1.82, 2.24) is 4.57 Å². The van der Waals surface area contributed by atoms with Crippen LogP contribution in [-0.2, 0) is 7.05 Å². The van der Waals surface area contributed by atoms with E-state index in [-0.39, 0.29) is 22.7 Å². The SMILES string of the molecule is CCOc1ccccc1N=Nc1c(C)c(C#N)c(O)n(C)c1=O. The Balaban J connectivity index is 2.56. The van der Waals surface area contributed by atoms with Crippen molar-refractivity contribution in [3.63, 3.8) is 0 Å². The van der Waals surface area contributed by atoms with E-state index >= 15 is 0 Å². The van der Waals surface area contributed by atoms with Crippen molar-refractivity contribution in [1.29, 1.82) is 5.26 Å². The maximum atomic E-state index is 12.2. The van der Waals surface area contributed by atoms with Crippen LogP contribution in [0.4, 0.5) is 11.4 Å². The third kappa shape index (κ3) is 3.06. The smallest absolute Gasteiger partial charge is 0.281 e. The first-order valence-corrected chi connectivity index (χ1v) is 6.97. The van der Waals surface area contributed by atoms with Crippen LogP contribution in [0.2, 0.25) is 0 Å². The van der Waals surface area contributed by atoms with Crippen molar-refractivity contribution >= 4 is 11.4 Å². The molecule has 0 aliphatic rings. The highest BCUT2D eigenvalue weighted by Gasteiger charge is 2.17. The molecule has 0 spiro atoms. The first kappa shape index (κ1) is 16.2. The molecule has 0 unspecified atom stereocenters. The largest absolute Gasteiger partial charge is 0.493 e. The van der Waals surface area contributed by atoms with Gasteiger partial charge in [0.2, 0.25) is 5.88 Å². The van der Waals surface area contributed by atoms with Gasteiger partial charge in [-0.1, -0.05) is 12.1 Å². The van der Waals surface area contributed by atoms with Crippen molar-refractivity contribution in [2.45, 2.75) is 13.8 Å². The number of hydrogen-bond donors (Lipinski definition) is 1. The van der Waals surface area contributed by atoms with Gasteiger partial charge in [0.05, 0.1) is 6.61 Å². The molecule has 1 aromatic carbocycles. The first-order chi connectivity index (χ1) is 11.0. The lowest BCUT2D eigenvalue weighted by Crippen LogP contribution is -2.18. The summed E-state index contributed by atoms with van der Waals surface area (Å²) < 4.78 is 6.41. The molecule has 0 saturated carbocycles. The van der Waals surface area contributed by atoms with E-state index in [1.807, 2.05) is 19.1 Å². The molecule has 7 heteroatoms. The lowest BCUT2D eigenvalue weighted by atomic mass is 10.1. The van der Waals surface area contributed by atoms with Gasteiger partial charge in [0, 0.05) is 12.6 Å². The number of nitriles is 1. The zero-order valence-corrected chi connectivity index (χ0v) is 13.1. The zero-order chi connectivity index (χ0) is 17.0.